The van der Waals surface area contributed by atoms with Crippen molar-refractivity contribution in [1.29, 1.82) is 0 Å². The van der Waals surface area contributed by atoms with Crippen LogP contribution in [0.4, 0.5) is 0 Å². The Hall–Kier alpha value is -2.24. The summed E-state index contributed by atoms with van der Waals surface area (Å²) < 4.78 is 0. The molecule has 1 N–H and O–H groups in total. The summed E-state index contributed by atoms with van der Waals surface area (Å²) in [6, 6.07) is 13.4. The Balaban J connectivity index is 1.45. The molecule has 1 aromatic carbocycles. The number of rotatable bonds is 7. The first-order valence-corrected chi connectivity index (χ1v) is 9.29. The van der Waals surface area contributed by atoms with Crippen molar-refractivity contribution in [2.75, 3.05) is 0 Å². The number of thiazole rings is 1. The van der Waals surface area contributed by atoms with Crippen molar-refractivity contribution < 1.29 is 4.79 Å². The van der Waals surface area contributed by atoms with Gasteiger partial charge in [0, 0.05) is 35.3 Å². The van der Waals surface area contributed by atoms with Crippen LogP contribution in [0.15, 0.2) is 54.0 Å². The summed E-state index contributed by atoms with van der Waals surface area (Å²) in [5.41, 5.74) is 2.89. The van der Waals surface area contributed by atoms with Gasteiger partial charge in [-0.25, -0.2) is 4.98 Å². The van der Waals surface area contributed by atoms with Gasteiger partial charge in [0.1, 0.15) is 0 Å². The van der Waals surface area contributed by atoms with Gasteiger partial charge in [0.25, 0.3) is 0 Å². The Bertz CT molecular complexity index is 818. The normalized spacial score (nSPS) is 10.6. The SMILES string of the molecule is O=C(Cc1csc(CCc2ccccn2)n1)NCc1ccc(Cl)cc1. The van der Waals surface area contributed by atoms with Gasteiger partial charge in [0.05, 0.1) is 17.1 Å². The second-order valence-corrected chi connectivity index (χ2v) is 7.01. The van der Waals surface area contributed by atoms with Gasteiger partial charge in [-0.15, -0.1) is 11.3 Å². The molecule has 25 heavy (non-hydrogen) atoms. The third-order valence-electron chi connectivity index (χ3n) is 3.67. The number of benzene rings is 1. The van der Waals surface area contributed by atoms with Crippen molar-refractivity contribution in [2.45, 2.75) is 25.8 Å². The zero-order valence-corrected chi connectivity index (χ0v) is 15.2. The molecule has 4 nitrogen and oxygen atoms in total. The summed E-state index contributed by atoms with van der Waals surface area (Å²) in [5.74, 6) is -0.0310. The van der Waals surface area contributed by atoms with E-state index in [1.807, 2.05) is 47.8 Å². The minimum absolute atomic E-state index is 0.0310. The first-order valence-electron chi connectivity index (χ1n) is 8.03. The van der Waals surface area contributed by atoms with Crippen LogP contribution in [-0.2, 0) is 30.6 Å². The van der Waals surface area contributed by atoms with Gasteiger partial charge in [0.2, 0.25) is 5.91 Å². The number of aromatic nitrogens is 2. The molecule has 128 valence electrons. The summed E-state index contributed by atoms with van der Waals surface area (Å²) in [6.07, 6.45) is 3.80. The van der Waals surface area contributed by atoms with Gasteiger partial charge in [-0.1, -0.05) is 29.8 Å². The summed E-state index contributed by atoms with van der Waals surface area (Å²) in [4.78, 5) is 20.9. The van der Waals surface area contributed by atoms with Gasteiger partial charge in [-0.3, -0.25) is 9.78 Å². The zero-order chi connectivity index (χ0) is 17.5. The Morgan fingerprint density at radius 1 is 1.08 bits per heavy atom. The monoisotopic (exact) mass is 371 g/mol. The maximum atomic E-state index is 12.1. The lowest BCUT2D eigenvalue weighted by Gasteiger charge is -2.04. The first kappa shape index (κ1) is 17.6. The summed E-state index contributed by atoms with van der Waals surface area (Å²) >= 11 is 7.44. The van der Waals surface area contributed by atoms with Gasteiger partial charge in [0.15, 0.2) is 0 Å². The van der Waals surface area contributed by atoms with Crippen molar-refractivity contribution in [3.8, 4) is 0 Å². The molecule has 2 aromatic heterocycles. The van der Waals surface area contributed by atoms with E-state index in [0.29, 0.717) is 18.0 Å². The number of hydrogen-bond acceptors (Lipinski definition) is 4. The van der Waals surface area contributed by atoms with Gasteiger partial charge >= 0.3 is 0 Å². The molecule has 1 amide bonds. The lowest BCUT2D eigenvalue weighted by atomic mass is 10.2. The number of nitrogens with zero attached hydrogens (tertiary/aromatic N) is 2. The van der Waals surface area contributed by atoms with Crippen LogP contribution in [0.3, 0.4) is 0 Å². The fraction of sp³-hybridized carbons (Fsp3) is 0.211. The first-order chi connectivity index (χ1) is 12.2. The van der Waals surface area contributed by atoms with Gasteiger partial charge in [-0.2, -0.15) is 0 Å². The third kappa shape index (κ3) is 5.66. The Morgan fingerprint density at radius 2 is 1.92 bits per heavy atom. The number of aryl methyl sites for hydroxylation is 2. The highest BCUT2D eigenvalue weighted by Gasteiger charge is 2.08. The molecule has 0 bridgehead atoms. The van der Waals surface area contributed by atoms with Crippen molar-refractivity contribution >= 4 is 28.8 Å². The van der Waals surface area contributed by atoms with Crippen LogP contribution in [0.2, 0.25) is 5.02 Å². The smallest absolute Gasteiger partial charge is 0.226 e. The maximum absolute atomic E-state index is 12.1. The van der Waals surface area contributed by atoms with Crippen molar-refractivity contribution in [1.82, 2.24) is 15.3 Å². The van der Waals surface area contributed by atoms with Gasteiger partial charge < -0.3 is 5.32 Å². The van der Waals surface area contributed by atoms with E-state index in [-0.39, 0.29) is 5.91 Å². The molecule has 3 aromatic rings. The van der Waals surface area contributed by atoms with E-state index < -0.39 is 0 Å². The molecular weight excluding hydrogens is 354 g/mol. The second-order valence-electron chi connectivity index (χ2n) is 5.63. The number of hydrogen-bond donors (Lipinski definition) is 1. The van der Waals surface area contributed by atoms with E-state index in [4.69, 9.17) is 11.6 Å². The Kier molecular flexibility index (Phi) is 6.14. The quantitative estimate of drug-likeness (QED) is 0.686. The van der Waals surface area contributed by atoms with E-state index in [1.54, 1.807) is 17.5 Å². The molecule has 0 fully saturated rings. The van der Waals surface area contributed by atoms with Gasteiger partial charge in [-0.05, 0) is 36.2 Å². The molecule has 2 heterocycles. The van der Waals surface area contributed by atoms with Crippen LogP contribution in [-0.4, -0.2) is 15.9 Å². The largest absolute Gasteiger partial charge is 0.352 e. The number of carbonyl (C=O) groups excluding carboxylic acids is 1. The average molecular weight is 372 g/mol. The average Bonchev–Trinajstić information content (AvgIpc) is 3.08. The highest BCUT2D eigenvalue weighted by atomic mass is 35.5. The number of pyridine rings is 1. The van der Waals surface area contributed by atoms with E-state index in [1.165, 1.54) is 0 Å². The van der Waals surface area contributed by atoms with Crippen LogP contribution < -0.4 is 5.32 Å². The van der Waals surface area contributed by atoms with E-state index in [2.05, 4.69) is 15.3 Å². The third-order valence-corrected chi connectivity index (χ3v) is 4.87. The summed E-state index contributed by atoms with van der Waals surface area (Å²) in [6.45, 7) is 0.493. The van der Waals surface area contributed by atoms with E-state index in [0.717, 1.165) is 34.8 Å². The molecule has 0 saturated carbocycles. The number of halogens is 1. The van der Waals surface area contributed by atoms with Crippen LogP contribution in [0.25, 0.3) is 0 Å². The zero-order valence-electron chi connectivity index (χ0n) is 13.6. The summed E-state index contributed by atoms with van der Waals surface area (Å²) in [7, 11) is 0. The fourth-order valence-corrected chi connectivity index (χ4v) is 3.28. The predicted octanol–water partition coefficient (Wildman–Crippen LogP) is 3.84. The molecule has 0 aliphatic rings. The lowest BCUT2D eigenvalue weighted by Crippen LogP contribution is -2.24. The number of carbonyl (C=O) groups is 1. The minimum atomic E-state index is -0.0310. The molecule has 0 aliphatic carbocycles. The van der Waals surface area contributed by atoms with Crippen molar-refractivity contribution in [2.24, 2.45) is 0 Å². The highest BCUT2D eigenvalue weighted by molar-refractivity contribution is 7.09. The molecule has 6 heteroatoms. The molecule has 0 spiro atoms. The molecule has 0 saturated heterocycles. The topological polar surface area (TPSA) is 54.9 Å². The lowest BCUT2D eigenvalue weighted by molar-refractivity contribution is -0.120. The number of amides is 1. The minimum Gasteiger partial charge on any atom is -0.352 e. The molecule has 3 rings (SSSR count). The van der Waals surface area contributed by atoms with Crippen LogP contribution in [0, 0.1) is 0 Å². The van der Waals surface area contributed by atoms with E-state index in [9.17, 15) is 4.79 Å². The Morgan fingerprint density at radius 3 is 2.68 bits per heavy atom. The maximum Gasteiger partial charge on any atom is 0.226 e. The number of nitrogens with one attached hydrogen (secondary N) is 1. The highest BCUT2D eigenvalue weighted by Crippen LogP contribution is 2.13. The molecule has 0 atom stereocenters. The van der Waals surface area contributed by atoms with E-state index >= 15 is 0 Å². The molecular formula is C19H18ClN3OS. The summed E-state index contributed by atoms with van der Waals surface area (Å²) in [5, 5.41) is 6.58. The van der Waals surface area contributed by atoms with Crippen molar-refractivity contribution in [3.05, 3.63) is 81.0 Å². The standard InChI is InChI=1S/C19H18ClN3OS/c20-15-6-4-14(5-7-15)12-22-18(24)11-17-13-25-19(23-17)9-8-16-3-1-2-10-21-16/h1-7,10,13H,8-9,11-12H2,(H,22,24). The molecule has 0 unspecified atom stereocenters. The van der Waals surface area contributed by atoms with Crippen LogP contribution in [0.1, 0.15) is 22.0 Å². The van der Waals surface area contributed by atoms with Crippen molar-refractivity contribution in [3.63, 3.8) is 0 Å². The Labute approximate surface area is 155 Å². The molecule has 0 aliphatic heterocycles. The fourth-order valence-electron chi connectivity index (χ4n) is 2.36. The predicted molar refractivity (Wildman–Crippen MR) is 101 cm³/mol. The second kappa shape index (κ2) is 8.74. The van der Waals surface area contributed by atoms with Crippen LogP contribution in [0.5, 0.6) is 0 Å². The van der Waals surface area contributed by atoms with Crippen LogP contribution >= 0.6 is 22.9 Å². The molecule has 0 radical (unpaired) electrons.